The van der Waals surface area contributed by atoms with Gasteiger partial charge in [0, 0.05) is 18.0 Å². The van der Waals surface area contributed by atoms with E-state index >= 15 is 0 Å². The summed E-state index contributed by atoms with van der Waals surface area (Å²) < 4.78 is 13.2. The third kappa shape index (κ3) is 6.50. The molecule has 1 aliphatic rings. The van der Waals surface area contributed by atoms with Gasteiger partial charge in [0.25, 0.3) is 0 Å². The Morgan fingerprint density at radius 1 is 0.844 bits per heavy atom. The van der Waals surface area contributed by atoms with Gasteiger partial charge in [0.05, 0.1) is 19.5 Å². The maximum Gasteiger partial charge on any atom is 0.242 e. The number of benzene rings is 2. The lowest BCUT2D eigenvalue weighted by Gasteiger charge is -2.28. The Labute approximate surface area is 192 Å². The lowest BCUT2D eigenvalue weighted by atomic mass is 10.1. The molecule has 3 aromatic rings. The average Bonchev–Trinajstić information content (AvgIpc) is 3.47. The van der Waals surface area contributed by atoms with E-state index in [0.29, 0.717) is 25.6 Å². The predicted molar refractivity (Wildman–Crippen MR) is 124 cm³/mol. The minimum Gasteiger partial charge on any atom is -0.333 e. The number of thiophene rings is 1. The molecule has 166 valence electrons. The minimum atomic E-state index is -0.323. The van der Waals surface area contributed by atoms with Gasteiger partial charge in [0.2, 0.25) is 11.8 Å². The molecule has 0 saturated heterocycles. The second kappa shape index (κ2) is 10.6. The van der Waals surface area contributed by atoms with Crippen LogP contribution in [0, 0.1) is 11.7 Å². The van der Waals surface area contributed by atoms with E-state index in [1.165, 1.54) is 12.1 Å². The normalized spacial score (nSPS) is 13.0. The molecule has 4 nitrogen and oxygen atoms in total. The Hall–Kier alpha value is -2.99. The number of carbonyl (C=O) groups is 2. The predicted octanol–water partition coefficient (Wildman–Crippen LogP) is 4.90. The molecule has 1 aromatic heterocycles. The number of hydrogen-bond donors (Lipinski definition) is 0. The minimum absolute atomic E-state index is 0.0599. The fourth-order valence-electron chi connectivity index (χ4n) is 3.65. The molecule has 1 saturated carbocycles. The van der Waals surface area contributed by atoms with Gasteiger partial charge in [-0.3, -0.25) is 9.59 Å². The van der Waals surface area contributed by atoms with Crippen molar-refractivity contribution in [3.05, 3.63) is 93.9 Å². The van der Waals surface area contributed by atoms with Crippen molar-refractivity contribution in [3.63, 3.8) is 0 Å². The summed E-state index contributed by atoms with van der Waals surface area (Å²) in [6.07, 6.45) is 2.36. The summed E-state index contributed by atoms with van der Waals surface area (Å²) in [5, 5.41) is 2.01. The summed E-state index contributed by atoms with van der Waals surface area (Å²) in [6, 6.07) is 19.9. The summed E-state index contributed by atoms with van der Waals surface area (Å²) in [7, 11) is 0. The molecule has 1 aliphatic carbocycles. The molecular formula is C26H27FN2O2S. The molecule has 0 atom stereocenters. The van der Waals surface area contributed by atoms with E-state index in [-0.39, 0.29) is 30.6 Å². The molecule has 0 radical (unpaired) electrons. The first-order chi connectivity index (χ1) is 15.6. The molecule has 0 bridgehead atoms. The highest BCUT2D eigenvalue weighted by Crippen LogP contribution is 2.30. The van der Waals surface area contributed by atoms with Gasteiger partial charge in [-0.05, 0) is 53.5 Å². The van der Waals surface area contributed by atoms with Crippen LogP contribution < -0.4 is 0 Å². The van der Waals surface area contributed by atoms with Crippen molar-refractivity contribution in [2.75, 3.05) is 13.1 Å². The van der Waals surface area contributed by atoms with Gasteiger partial charge >= 0.3 is 0 Å². The fraction of sp³-hybridized carbons (Fsp3) is 0.308. The van der Waals surface area contributed by atoms with Crippen LogP contribution in [0.2, 0.25) is 0 Å². The second-order valence-corrected chi connectivity index (χ2v) is 9.37. The number of carbonyl (C=O) groups excluding carboxylic acids is 2. The molecule has 1 heterocycles. The average molecular weight is 451 g/mol. The highest BCUT2D eigenvalue weighted by Gasteiger charge is 2.29. The van der Waals surface area contributed by atoms with Gasteiger partial charge in [-0.2, -0.15) is 0 Å². The SMILES string of the molecule is O=C(CN(CC1CC1)C(=O)Cc1ccc(F)cc1)N(Cc1ccccc1)Cc1cccs1. The Kier molecular flexibility index (Phi) is 7.32. The number of rotatable bonds is 10. The molecule has 0 spiro atoms. The maximum atomic E-state index is 13.4. The van der Waals surface area contributed by atoms with E-state index in [1.807, 2.05) is 52.7 Å². The largest absolute Gasteiger partial charge is 0.333 e. The highest BCUT2D eigenvalue weighted by atomic mass is 32.1. The first-order valence-corrected chi connectivity index (χ1v) is 11.8. The van der Waals surface area contributed by atoms with Crippen LogP contribution in [-0.4, -0.2) is 34.7 Å². The molecule has 2 aromatic carbocycles. The van der Waals surface area contributed by atoms with Gasteiger partial charge in [-0.1, -0.05) is 48.5 Å². The van der Waals surface area contributed by atoms with Crippen LogP contribution in [0.3, 0.4) is 0 Å². The number of hydrogen-bond acceptors (Lipinski definition) is 3. The van der Waals surface area contributed by atoms with Crippen molar-refractivity contribution < 1.29 is 14.0 Å². The van der Waals surface area contributed by atoms with Crippen molar-refractivity contribution in [3.8, 4) is 0 Å². The molecular weight excluding hydrogens is 423 g/mol. The van der Waals surface area contributed by atoms with Gasteiger partial charge in [0.15, 0.2) is 0 Å². The highest BCUT2D eigenvalue weighted by molar-refractivity contribution is 7.09. The lowest BCUT2D eigenvalue weighted by molar-refractivity contribution is -0.141. The van der Waals surface area contributed by atoms with Crippen molar-refractivity contribution >= 4 is 23.2 Å². The molecule has 4 rings (SSSR count). The van der Waals surface area contributed by atoms with Gasteiger partial charge in [0.1, 0.15) is 5.82 Å². The topological polar surface area (TPSA) is 40.6 Å². The molecule has 0 N–H and O–H groups in total. The van der Waals surface area contributed by atoms with Crippen LogP contribution in [0.5, 0.6) is 0 Å². The van der Waals surface area contributed by atoms with Crippen LogP contribution in [0.1, 0.15) is 28.8 Å². The molecule has 0 aliphatic heterocycles. The molecule has 1 fully saturated rings. The van der Waals surface area contributed by atoms with Crippen molar-refractivity contribution in [1.29, 1.82) is 0 Å². The van der Waals surface area contributed by atoms with E-state index < -0.39 is 0 Å². The van der Waals surface area contributed by atoms with Crippen LogP contribution in [0.25, 0.3) is 0 Å². The zero-order chi connectivity index (χ0) is 22.3. The van der Waals surface area contributed by atoms with Gasteiger partial charge in [-0.15, -0.1) is 11.3 Å². The second-order valence-electron chi connectivity index (χ2n) is 8.34. The fourth-order valence-corrected chi connectivity index (χ4v) is 4.36. The Morgan fingerprint density at radius 3 is 2.25 bits per heavy atom. The third-order valence-electron chi connectivity index (χ3n) is 5.62. The standard InChI is InChI=1S/C26H27FN2O2S/c27-23-12-10-20(11-13-23)15-25(30)29(17-22-8-9-22)19-26(31)28(18-24-7-4-14-32-24)16-21-5-2-1-3-6-21/h1-7,10-14,22H,8-9,15-19H2. The summed E-state index contributed by atoms with van der Waals surface area (Å²) in [5.74, 6) is -0.000756. The number of amides is 2. The Morgan fingerprint density at radius 2 is 1.59 bits per heavy atom. The first kappa shape index (κ1) is 22.2. The summed E-state index contributed by atoms with van der Waals surface area (Å²) in [6.45, 7) is 1.69. The Bertz CT molecular complexity index is 1020. The lowest BCUT2D eigenvalue weighted by Crippen LogP contribution is -2.43. The monoisotopic (exact) mass is 450 g/mol. The van der Waals surface area contributed by atoms with Crippen molar-refractivity contribution in [2.24, 2.45) is 5.92 Å². The summed E-state index contributed by atoms with van der Waals surface area (Å²) in [4.78, 5) is 31.1. The van der Waals surface area contributed by atoms with Crippen LogP contribution in [0.15, 0.2) is 72.1 Å². The van der Waals surface area contributed by atoms with E-state index in [1.54, 1.807) is 28.4 Å². The maximum absolute atomic E-state index is 13.4. The first-order valence-electron chi connectivity index (χ1n) is 10.9. The quantitative estimate of drug-likeness (QED) is 0.441. The van der Waals surface area contributed by atoms with Gasteiger partial charge < -0.3 is 9.80 Å². The van der Waals surface area contributed by atoms with Crippen LogP contribution >= 0.6 is 11.3 Å². The smallest absolute Gasteiger partial charge is 0.242 e. The third-order valence-corrected chi connectivity index (χ3v) is 6.48. The van der Waals surface area contributed by atoms with E-state index in [0.717, 1.165) is 28.8 Å². The van der Waals surface area contributed by atoms with E-state index in [9.17, 15) is 14.0 Å². The van der Waals surface area contributed by atoms with E-state index in [2.05, 4.69) is 0 Å². The van der Waals surface area contributed by atoms with E-state index in [4.69, 9.17) is 0 Å². The van der Waals surface area contributed by atoms with Crippen molar-refractivity contribution in [1.82, 2.24) is 9.80 Å². The van der Waals surface area contributed by atoms with Crippen molar-refractivity contribution in [2.45, 2.75) is 32.4 Å². The van der Waals surface area contributed by atoms with Crippen LogP contribution in [0.4, 0.5) is 4.39 Å². The summed E-state index contributed by atoms with van der Waals surface area (Å²) >= 11 is 1.62. The molecule has 6 heteroatoms. The number of nitrogens with zero attached hydrogens (tertiary/aromatic N) is 2. The van der Waals surface area contributed by atoms with Crippen LogP contribution in [-0.2, 0) is 29.1 Å². The van der Waals surface area contributed by atoms with Gasteiger partial charge in [-0.25, -0.2) is 4.39 Å². The zero-order valence-electron chi connectivity index (χ0n) is 18.0. The summed E-state index contributed by atoms with van der Waals surface area (Å²) in [5.41, 5.74) is 1.81. The Balaban J connectivity index is 1.46. The molecule has 0 unspecified atom stereocenters. The molecule has 2 amide bonds. The zero-order valence-corrected chi connectivity index (χ0v) is 18.8. The number of halogens is 1. The molecule has 32 heavy (non-hydrogen) atoms.